The summed E-state index contributed by atoms with van der Waals surface area (Å²) in [6.07, 6.45) is 6.51. The van der Waals surface area contributed by atoms with E-state index in [1.165, 1.54) is 0 Å². The summed E-state index contributed by atoms with van der Waals surface area (Å²) in [5.41, 5.74) is 6.16. The summed E-state index contributed by atoms with van der Waals surface area (Å²) in [6, 6.07) is 9.68. The molecule has 4 aromatic rings. The van der Waals surface area contributed by atoms with Gasteiger partial charge in [0.05, 0.1) is 34.8 Å². The van der Waals surface area contributed by atoms with Crippen molar-refractivity contribution in [2.75, 3.05) is 20.2 Å². The van der Waals surface area contributed by atoms with Crippen LogP contribution >= 0.6 is 11.3 Å². The lowest BCUT2D eigenvalue weighted by atomic mass is 10.0. The van der Waals surface area contributed by atoms with Crippen molar-refractivity contribution < 1.29 is 9.53 Å². The summed E-state index contributed by atoms with van der Waals surface area (Å²) in [5, 5.41) is 7.57. The highest BCUT2D eigenvalue weighted by Crippen LogP contribution is 2.37. The molecule has 0 fully saturated rings. The summed E-state index contributed by atoms with van der Waals surface area (Å²) in [5.74, 6) is 0.778. The van der Waals surface area contributed by atoms with E-state index in [2.05, 4.69) is 32.5 Å². The smallest absolute Gasteiger partial charge is 0.318 e. The van der Waals surface area contributed by atoms with Crippen LogP contribution in [0.1, 0.15) is 36.3 Å². The van der Waals surface area contributed by atoms with Crippen LogP contribution in [0.4, 0.5) is 4.79 Å². The zero-order chi connectivity index (χ0) is 24.5. The van der Waals surface area contributed by atoms with E-state index in [9.17, 15) is 4.79 Å². The third-order valence-corrected chi connectivity index (χ3v) is 7.49. The Bertz CT molecular complexity index is 1420. The fourth-order valence-electron chi connectivity index (χ4n) is 4.40. The molecule has 0 spiro atoms. The minimum absolute atomic E-state index is 0.0751. The number of fused-ring (bicyclic) bond motifs is 1. The van der Waals surface area contributed by atoms with E-state index in [-0.39, 0.29) is 12.1 Å². The first-order valence-corrected chi connectivity index (χ1v) is 12.4. The van der Waals surface area contributed by atoms with Gasteiger partial charge in [0, 0.05) is 36.8 Å². The molecule has 1 unspecified atom stereocenters. The number of thiophene rings is 1. The molecule has 9 heteroatoms. The number of ether oxygens (including phenoxy) is 1. The summed E-state index contributed by atoms with van der Waals surface area (Å²) in [6.45, 7) is 5.17. The largest absolute Gasteiger partial charge is 0.497 e. The number of rotatable bonds is 5. The number of carbonyl (C=O) groups excluding carboxylic acids is 1. The molecule has 1 N–H and O–H groups in total. The van der Waals surface area contributed by atoms with Crippen molar-refractivity contribution in [2.45, 2.75) is 26.3 Å². The van der Waals surface area contributed by atoms with E-state index >= 15 is 0 Å². The number of nitrogens with zero attached hydrogens (tertiary/aromatic N) is 5. The number of hydrogen-bond acceptors (Lipinski definition) is 6. The van der Waals surface area contributed by atoms with Gasteiger partial charge in [0.15, 0.2) is 0 Å². The van der Waals surface area contributed by atoms with Gasteiger partial charge in [-0.25, -0.2) is 14.8 Å². The molecule has 0 saturated heterocycles. The van der Waals surface area contributed by atoms with Crippen LogP contribution in [0.3, 0.4) is 0 Å². The Balaban J connectivity index is 1.31. The highest BCUT2D eigenvalue weighted by atomic mass is 32.1. The number of carbonyl (C=O) groups is 1. The molecular formula is C26H28N6O2S. The van der Waals surface area contributed by atoms with Crippen molar-refractivity contribution in [3.63, 3.8) is 0 Å². The van der Waals surface area contributed by atoms with Gasteiger partial charge in [0.25, 0.3) is 0 Å². The maximum Gasteiger partial charge on any atom is 0.318 e. The third-order valence-electron chi connectivity index (χ3n) is 6.32. The molecule has 0 saturated carbocycles. The molecule has 180 valence electrons. The number of aromatic nitrogens is 4. The van der Waals surface area contributed by atoms with Crippen molar-refractivity contribution in [2.24, 2.45) is 7.05 Å². The SMILES string of the molecule is COc1cccc(C(C)NC(=O)N2CC=C(c3ncnc4cc(-c5cn(C)nc5C)sc34)CC2)c1. The quantitative estimate of drug-likeness (QED) is 0.429. The first kappa shape index (κ1) is 23.0. The highest BCUT2D eigenvalue weighted by Gasteiger charge is 2.22. The van der Waals surface area contributed by atoms with Crippen molar-refractivity contribution in [1.29, 1.82) is 0 Å². The van der Waals surface area contributed by atoms with E-state index in [1.807, 2.05) is 60.9 Å². The van der Waals surface area contributed by atoms with Gasteiger partial charge in [-0.05, 0) is 49.6 Å². The van der Waals surface area contributed by atoms with Gasteiger partial charge in [-0.3, -0.25) is 4.68 Å². The molecule has 1 aliphatic heterocycles. The molecule has 3 aromatic heterocycles. The number of hydrogen-bond donors (Lipinski definition) is 1. The fourth-order valence-corrected chi connectivity index (χ4v) is 5.59. The van der Waals surface area contributed by atoms with Crippen LogP contribution in [0.15, 0.2) is 48.9 Å². The molecule has 8 nitrogen and oxygen atoms in total. The zero-order valence-corrected chi connectivity index (χ0v) is 21.1. The molecule has 0 aliphatic carbocycles. The first-order chi connectivity index (χ1) is 16.9. The Morgan fingerprint density at radius 1 is 1.26 bits per heavy atom. The fraction of sp³-hybridized carbons (Fsp3) is 0.308. The standard InChI is InChI=1S/C26H28N6O2S/c1-16(19-6-5-7-20(12-19)34-4)29-26(33)32-10-8-18(9-11-32)24-25-22(27-15-28-24)13-23(35-25)21-14-31(3)30-17(21)2/h5-8,12-16H,9-11H2,1-4H3,(H,29,33). The van der Waals surface area contributed by atoms with Gasteiger partial charge in [-0.15, -0.1) is 11.3 Å². The average molecular weight is 489 g/mol. The molecular weight excluding hydrogens is 460 g/mol. The lowest BCUT2D eigenvalue weighted by Gasteiger charge is -2.28. The van der Waals surface area contributed by atoms with Crippen LogP contribution in [0.2, 0.25) is 0 Å². The Hall–Kier alpha value is -3.72. The Kier molecular flexibility index (Phi) is 6.25. The summed E-state index contributed by atoms with van der Waals surface area (Å²) in [4.78, 5) is 25.0. The van der Waals surface area contributed by atoms with Gasteiger partial charge in [-0.2, -0.15) is 5.10 Å². The van der Waals surface area contributed by atoms with E-state index in [4.69, 9.17) is 4.74 Å². The molecule has 5 rings (SSSR count). The predicted octanol–water partition coefficient (Wildman–Crippen LogP) is 4.97. The minimum atomic E-state index is -0.120. The minimum Gasteiger partial charge on any atom is -0.497 e. The second-order valence-corrected chi connectivity index (χ2v) is 9.77. The van der Waals surface area contributed by atoms with Crippen LogP contribution in [-0.4, -0.2) is 50.9 Å². The van der Waals surface area contributed by atoms with E-state index in [1.54, 1.807) is 24.8 Å². The topological polar surface area (TPSA) is 85.2 Å². The monoisotopic (exact) mass is 488 g/mol. The van der Waals surface area contributed by atoms with Gasteiger partial charge in [0.1, 0.15) is 12.1 Å². The van der Waals surface area contributed by atoms with Crippen LogP contribution in [-0.2, 0) is 7.05 Å². The third kappa shape index (κ3) is 4.64. The number of methoxy groups -OCH3 is 1. The number of aryl methyl sites for hydroxylation is 2. The molecule has 1 atom stereocenters. The molecule has 0 radical (unpaired) electrons. The van der Waals surface area contributed by atoms with Gasteiger partial charge >= 0.3 is 6.03 Å². The van der Waals surface area contributed by atoms with Gasteiger partial charge in [-0.1, -0.05) is 18.2 Å². The number of benzene rings is 1. The normalized spacial score (nSPS) is 14.6. The molecule has 2 amide bonds. The van der Waals surface area contributed by atoms with Crippen molar-refractivity contribution >= 4 is 33.2 Å². The van der Waals surface area contributed by atoms with E-state index < -0.39 is 0 Å². The van der Waals surface area contributed by atoms with Gasteiger partial charge in [0.2, 0.25) is 0 Å². The van der Waals surface area contributed by atoms with Crippen molar-refractivity contribution in [3.05, 3.63) is 65.9 Å². The molecule has 35 heavy (non-hydrogen) atoms. The Morgan fingerprint density at radius 2 is 2.11 bits per heavy atom. The van der Waals surface area contributed by atoms with Gasteiger partial charge < -0.3 is 15.0 Å². The second kappa shape index (κ2) is 9.50. The molecule has 0 bridgehead atoms. The number of nitrogens with one attached hydrogen (secondary N) is 1. The van der Waals surface area contributed by atoms with E-state index in [0.717, 1.165) is 55.4 Å². The number of amides is 2. The van der Waals surface area contributed by atoms with Crippen LogP contribution in [0, 0.1) is 6.92 Å². The molecule has 1 aromatic carbocycles. The summed E-state index contributed by atoms with van der Waals surface area (Å²) in [7, 11) is 3.57. The number of urea groups is 1. The maximum absolute atomic E-state index is 12.9. The highest BCUT2D eigenvalue weighted by molar-refractivity contribution is 7.22. The maximum atomic E-state index is 12.9. The first-order valence-electron chi connectivity index (χ1n) is 11.6. The van der Waals surface area contributed by atoms with Crippen LogP contribution in [0.5, 0.6) is 5.75 Å². The van der Waals surface area contributed by atoms with Crippen molar-refractivity contribution in [1.82, 2.24) is 30.0 Å². The Morgan fingerprint density at radius 3 is 2.83 bits per heavy atom. The van der Waals surface area contributed by atoms with Crippen molar-refractivity contribution in [3.8, 4) is 16.2 Å². The zero-order valence-electron chi connectivity index (χ0n) is 20.3. The van der Waals surface area contributed by atoms with E-state index in [0.29, 0.717) is 13.1 Å². The lowest BCUT2D eigenvalue weighted by molar-refractivity contribution is 0.199. The predicted molar refractivity (Wildman–Crippen MR) is 138 cm³/mol. The molecule has 1 aliphatic rings. The van der Waals surface area contributed by atoms with Crippen LogP contribution < -0.4 is 10.1 Å². The Labute approximate surface area is 208 Å². The summed E-state index contributed by atoms with van der Waals surface area (Å²) < 4.78 is 8.20. The summed E-state index contributed by atoms with van der Waals surface area (Å²) >= 11 is 1.69. The second-order valence-electron chi connectivity index (χ2n) is 8.72. The lowest BCUT2D eigenvalue weighted by Crippen LogP contribution is -2.43. The molecule has 4 heterocycles. The average Bonchev–Trinajstić information content (AvgIpc) is 3.46. The van der Waals surface area contributed by atoms with Crippen LogP contribution in [0.25, 0.3) is 26.2 Å².